The molecule has 0 spiro atoms. The molecule has 3 N–H and O–H groups in total. The number of carbonyl (C=O) groups is 2. The summed E-state index contributed by atoms with van der Waals surface area (Å²) in [6.07, 6.45) is -0.101. The van der Waals surface area contributed by atoms with Crippen molar-refractivity contribution in [2.24, 2.45) is 5.41 Å². The number of urea groups is 1. The number of carbonyl (C=O) groups excluding carboxylic acids is 1. The van der Waals surface area contributed by atoms with Crippen molar-refractivity contribution in [2.45, 2.75) is 33.2 Å². The lowest BCUT2D eigenvalue weighted by Gasteiger charge is -2.30. The van der Waals surface area contributed by atoms with Crippen molar-refractivity contribution in [3.05, 3.63) is 0 Å². The first-order valence-corrected chi connectivity index (χ1v) is 7.11. The minimum atomic E-state index is -0.928. The Morgan fingerprint density at radius 3 is 2.33 bits per heavy atom. The third kappa shape index (κ3) is 11.0. The van der Waals surface area contributed by atoms with Crippen molar-refractivity contribution in [1.29, 1.82) is 0 Å². The average Bonchev–Trinajstić information content (AvgIpc) is 2.30. The lowest BCUT2D eigenvalue weighted by atomic mass is 9.85. The summed E-state index contributed by atoms with van der Waals surface area (Å²) in [6.45, 7) is 7.95. The molecule has 0 saturated carbocycles. The molecule has 0 aliphatic rings. The smallest absolute Gasteiger partial charge is 0.315 e. The van der Waals surface area contributed by atoms with Crippen LogP contribution in [0.15, 0.2) is 0 Å². The predicted octanol–water partition coefficient (Wildman–Crippen LogP) is 0.753. The second-order valence-corrected chi connectivity index (χ2v) is 6.33. The molecule has 21 heavy (non-hydrogen) atoms. The Labute approximate surface area is 127 Å². The summed E-state index contributed by atoms with van der Waals surface area (Å²) in [6, 6.07) is -0.794. The van der Waals surface area contributed by atoms with Crippen molar-refractivity contribution < 1.29 is 19.4 Å². The monoisotopic (exact) mass is 303 g/mol. The Morgan fingerprint density at radius 2 is 1.86 bits per heavy atom. The highest BCUT2D eigenvalue weighted by molar-refractivity contribution is 5.75. The number of carboxylic acids is 1. The zero-order chi connectivity index (χ0) is 16.5. The summed E-state index contributed by atoms with van der Waals surface area (Å²) in [7, 11) is 3.92. The summed E-state index contributed by atoms with van der Waals surface area (Å²) >= 11 is 0. The fraction of sp³-hybridized carbons (Fsp3) is 0.857. The average molecular weight is 303 g/mol. The summed E-state index contributed by atoms with van der Waals surface area (Å²) in [5.74, 6) is -0.928. The van der Waals surface area contributed by atoms with E-state index in [0.29, 0.717) is 19.8 Å². The number of carboxylic acid groups (broad SMARTS) is 1. The summed E-state index contributed by atoms with van der Waals surface area (Å²) in [4.78, 5) is 24.6. The van der Waals surface area contributed by atoms with E-state index in [1.807, 2.05) is 39.8 Å². The van der Waals surface area contributed by atoms with Crippen molar-refractivity contribution in [3.63, 3.8) is 0 Å². The first kappa shape index (κ1) is 19.7. The fourth-order valence-electron chi connectivity index (χ4n) is 1.54. The van der Waals surface area contributed by atoms with Crippen molar-refractivity contribution in [1.82, 2.24) is 15.5 Å². The zero-order valence-electron chi connectivity index (χ0n) is 13.7. The number of hydrogen-bond acceptors (Lipinski definition) is 4. The Balaban J connectivity index is 3.96. The molecule has 0 aromatic carbocycles. The normalized spacial score (nSPS) is 13.0. The van der Waals surface area contributed by atoms with Gasteiger partial charge >= 0.3 is 12.0 Å². The topological polar surface area (TPSA) is 90.9 Å². The van der Waals surface area contributed by atoms with Crippen LogP contribution in [-0.2, 0) is 9.53 Å². The number of rotatable bonds is 9. The van der Waals surface area contributed by atoms with Gasteiger partial charge in [-0.25, -0.2) is 4.79 Å². The standard InChI is InChI=1S/C14H29N3O4/c1-14(2,3)11(10-12(18)19)16-13(20)15-6-8-21-9-7-17(4)5/h11H,6-10H2,1-5H3,(H,18,19)(H2,15,16,20). The Kier molecular flexibility index (Phi) is 8.96. The minimum Gasteiger partial charge on any atom is -0.481 e. The van der Waals surface area contributed by atoms with E-state index in [0.717, 1.165) is 6.54 Å². The molecule has 1 unspecified atom stereocenters. The van der Waals surface area contributed by atoms with Crippen LogP contribution in [0.2, 0.25) is 0 Å². The third-order valence-corrected chi connectivity index (χ3v) is 2.94. The molecule has 0 radical (unpaired) electrons. The maximum atomic E-state index is 11.7. The largest absolute Gasteiger partial charge is 0.481 e. The molecule has 0 heterocycles. The van der Waals surface area contributed by atoms with Crippen LogP contribution in [0.4, 0.5) is 4.79 Å². The summed E-state index contributed by atoms with van der Waals surface area (Å²) < 4.78 is 5.35. The van der Waals surface area contributed by atoms with E-state index in [1.54, 1.807) is 0 Å². The van der Waals surface area contributed by atoms with Gasteiger partial charge in [-0.3, -0.25) is 4.79 Å². The molecule has 7 heteroatoms. The van der Waals surface area contributed by atoms with Gasteiger partial charge in [0.05, 0.1) is 19.6 Å². The second kappa shape index (κ2) is 9.57. The fourth-order valence-corrected chi connectivity index (χ4v) is 1.54. The molecule has 0 aromatic heterocycles. The van der Waals surface area contributed by atoms with Crippen LogP contribution in [0.5, 0.6) is 0 Å². The number of aliphatic carboxylic acids is 1. The van der Waals surface area contributed by atoms with Crippen LogP contribution in [0.1, 0.15) is 27.2 Å². The van der Waals surface area contributed by atoms with Gasteiger partial charge < -0.3 is 25.4 Å². The molecule has 0 saturated heterocycles. The number of nitrogens with one attached hydrogen (secondary N) is 2. The van der Waals surface area contributed by atoms with Crippen LogP contribution in [0, 0.1) is 5.41 Å². The molecular formula is C14H29N3O4. The lowest BCUT2D eigenvalue weighted by Crippen LogP contribution is -2.49. The molecular weight excluding hydrogens is 274 g/mol. The number of hydrogen-bond donors (Lipinski definition) is 3. The molecule has 1 atom stereocenters. The Morgan fingerprint density at radius 1 is 1.24 bits per heavy atom. The van der Waals surface area contributed by atoms with Crippen molar-refractivity contribution >= 4 is 12.0 Å². The maximum Gasteiger partial charge on any atom is 0.315 e. The molecule has 0 aliphatic heterocycles. The molecule has 7 nitrogen and oxygen atoms in total. The number of ether oxygens (including phenoxy) is 1. The van der Waals surface area contributed by atoms with Gasteiger partial charge in [-0.2, -0.15) is 0 Å². The highest BCUT2D eigenvalue weighted by atomic mass is 16.5. The second-order valence-electron chi connectivity index (χ2n) is 6.33. The van der Waals surface area contributed by atoms with Crippen LogP contribution >= 0.6 is 0 Å². The number of likely N-dealkylation sites (N-methyl/N-ethyl adjacent to an activating group) is 1. The third-order valence-electron chi connectivity index (χ3n) is 2.94. The minimum absolute atomic E-state index is 0.101. The van der Waals surface area contributed by atoms with E-state index >= 15 is 0 Å². The molecule has 2 amide bonds. The molecule has 0 fully saturated rings. The maximum absolute atomic E-state index is 11.7. The van der Waals surface area contributed by atoms with Gasteiger partial charge in [-0.05, 0) is 19.5 Å². The highest BCUT2D eigenvalue weighted by Gasteiger charge is 2.28. The molecule has 0 aliphatic carbocycles. The van der Waals surface area contributed by atoms with Crippen molar-refractivity contribution in [3.8, 4) is 0 Å². The summed E-state index contributed by atoms with van der Waals surface area (Å²) in [5.41, 5.74) is -0.321. The Bertz CT molecular complexity index is 327. The molecule has 124 valence electrons. The molecule has 0 rings (SSSR count). The van der Waals surface area contributed by atoms with Crippen molar-refractivity contribution in [2.75, 3.05) is 40.4 Å². The zero-order valence-corrected chi connectivity index (χ0v) is 13.7. The summed E-state index contributed by atoms with van der Waals surface area (Å²) in [5, 5.41) is 14.3. The van der Waals surface area contributed by atoms with Crippen LogP contribution in [-0.4, -0.2) is 68.4 Å². The number of amides is 2. The van der Waals surface area contributed by atoms with Crippen LogP contribution in [0.3, 0.4) is 0 Å². The van der Waals surface area contributed by atoms with Gasteiger partial charge in [0.15, 0.2) is 0 Å². The van der Waals surface area contributed by atoms with E-state index < -0.39 is 12.0 Å². The highest BCUT2D eigenvalue weighted by Crippen LogP contribution is 2.21. The first-order valence-electron chi connectivity index (χ1n) is 7.11. The first-order chi connectivity index (χ1) is 9.62. The van der Waals surface area contributed by atoms with Gasteiger partial charge in [0, 0.05) is 19.1 Å². The van der Waals surface area contributed by atoms with Gasteiger partial charge in [-0.1, -0.05) is 20.8 Å². The van der Waals surface area contributed by atoms with E-state index in [1.165, 1.54) is 0 Å². The Hall–Kier alpha value is -1.34. The van der Waals surface area contributed by atoms with E-state index in [2.05, 4.69) is 10.6 Å². The molecule has 0 bridgehead atoms. The van der Waals surface area contributed by atoms with Gasteiger partial charge in [0.25, 0.3) is 0 Å². The lowest BCUT2D eigenvalue weighted by molar-refractivity contribution is -0.138. The van der Waals surface area contributed by atoms with E-state index in [4.69, 9.17) is 9.84 Å². The van der Waals surface area contributed by atoms with Gasteiger partial charge in [0.2, 0.25) is 0 Å². The van der Waals surface area contributed by atoms with E-state index in [9.17, 15) is 9.59 Å². The van der Waals surface area contributed by atoms with Crippen LogP contribution in [0.25, 0.3) is 0 Å². The quantitative estimate of drug-likeness (QED) is 0.547. The van der Waals surface area contributed by atoms with E-state index in [-0.39, 0.29) is 17.9 Å². The number of nitrogens with zero attached hydrogens (tertiary/aromatic N) is 1. The SMILES string of the molecule is CN(C)CCOCCNC(=O)NC(CC(=O)O)C(C)(C)C. The van der Waals surface area contributed by atoms with Gasteiger partial charge in [0.1, 0.15) is 0 Å². The predicted molar refractivity (Wildman–Crippen MR) is 81.4 cm³/mol. The van der Waals surface area contributed by atoms with Gasteiger partial charge in [-0.15, -0.1) is 0 Å². The van der Waals surface area contributed by atoms with Crippen LogP contribution < -0.4 is 10.6 Å². The molecule has 0 aromatic rings.